The Balaban J connectivity index is 2.00. The molecule has 98 valence electrons. The maximum atomic E-state index is 12.0. The van der Waals surface area contributed by atoms with Gasteiger partial charge in [0.05, 0.1) is 5.60 Å². The molecule has 1 atom stereocenters. The van der Waals surface area contributed by atoms with Gasteiger partial charge in [0.15, 0.2) is 0 Å². The average Bonchev–Trinajstić information content (AvgIpc) is 2.70. The van der Waals surface area contributed by atoms with E-state index in [-0.39, 0.29) is 5.91 Å². The van der Waals surface area contributed by atoms with Crippen LogP contribution < -0.4 is 0 Å². The molecule has 1 aromatic heterocycles. The number of amides is 1. The van der Waals surface area contributed by atoms with Gasteiger partial charge in [0.1, 0.15) is 0 Å². The quantitative estimate of drug-likeness (QED) is 0.834. The van der Waals surface area contributed by atoms with Crippen LogP contribution in [-0.4, -0.2) is 34.6 Å². The van der Waals surface area contributed by atoms with Crippen molar-refractivity contribution in [1.82, 2.24) is 4.90 Å². The van der Waals surface area contributed by atoms with Crippen molar-refractivity contribution >= 4 is 23.3 Å². The molecule has 1 fully saturated rings. The summed E-state index contributed by atoms with van der Waals surface area (Å²) in [4.78, 5) is 14.9. The van der Waals surface area contributed by atoms with Crippen LogP contribution in [0.2, 0.25) is 0 Å². The van der Waals surface area contributed by atoms with Crippen molar-refractivity contribution in [2.45, 2.75) is 32.3 Å². The van der Waals surface area contributed by atoms with Gasteiger partial charge in [-0.1, -0.05) is 0 Å². The minimum absolute atomic E-state index is 0.0113. The van der Waals surface area contributed by atoms with Gasteiger partial charge in [-0.15, -0.1) is 11.3 Å². The van der Waals surface area contributed by atoms with E-state index >= 15 is 0 Å². The number of carbonyl (C=O) groups is 1. The maximum Gasteiger partial charge on any atom is 0.246 e. The molecular weight excluding hydrogens is 246 g/mol. The van der Waals surface area contributed by atoms with Crippen molar-refractivity contribution in [2.24, 2.45) is 0 Å². The third-order valence-electron chi connectivity index (χ3n) is 3.27. The van der Waals surface area contributed by atoms with Crippen molar-refractivity contribution in [3.63, 3.8) is 0 Å². The molecule has 2 heterocycles. The van der Waals surface area contributed by atoms with Crippen LogP contribution in [-0.2, 0) is 4.79 Å². The van der Waals surface area contributed by atoms with Gasteiger partial charge in [-0.25, -0.2) is 0 Å². The topological polar surface area (TPSA) is 40.5 Å². The number of likely N-dealkylation sites (tertiary alicyclic amines) is 1. The van der Waals surface area contributed by atoms with Crippen LogP contribution in [0.5, 0.6) is 0 Å². The molecule has 1 saturated heterocycles. The third kappa shape index (κ3) is 3.21. The van der Waals surface area contributed by atoms with Crippen molar-refractivity contribution < 1.29 is 9.90 Å². The summed E-state index contributed by atoms with van der Waals surface area (Å²) in [5.74, 6) is -0.0113. The summed E-state index contributed by atoms with van der Waals surface area (Å²) in [5, 5.41) is 12.0. The monoisotopic (exact) mass is 265 g/mol. The maximum absolute atomic E-state index is 12.0. The summed E-state index contributed by atoms with van der Waals surface area (Å²) in [6.45, 7) is 4.99. The molecule has 18 heavy (non-hydrogen) atoms. The van der Waals surface area contributed by atoms with Gasteiger partial charge in [-0.05, 0) is 49.8 Å². The summed E-state index contributed by atoms with van der Waals surface area (Å²) in [6, 6.07) is 2.04. The summed E-state index contributed by atoms with van der Waals surface area (Å²) >= 11 is 1.63. The molecule has 1 aliphatic rings. The minimum Gasteiger partial charge on any atom is -0.388 e. The number of aliphatic hydroxyl groups is 1. The molecule has 3 nitrogen and oxygen atoms in total. The highest BCUT2D eigenvalue weighted by atomic mass is 32.1. The first-order valence-electron chi connectivity index (χ1n) is 6.21. The number of β-amino-alcohol motifs (C(OH)–C–C–N with tert-alkyl or cyclic N) is 1. The van der Waals surface area contributed by atoms with E-state index in [0.717, 1.165) is 24.3 Å². The van der Waals surface area contributed by atoms with E-state index in [4.69, 9.17) is 0 Å². The summed E-state index contributed by atoms with van der Waals surface area (Å²) in [5.41, 5.74) is 0.454. The van der Waals surface area contributed by atoms with Crippen LogP contribution in [0.25, 0.3) is 6.08 Å². The first kappa shape index (κ1) is 13.3. The number of rotatable bonds is 2. The number of nitrogens with zero attached hydrogens (tertiary/aromatic N) is 1. The molecule has 1 aromatic rings. The zero-order valence-corrected chi connectivity index (χ0v) is 11.7. The van der Waals surface area contributed by atoms with Gasteiger partial charge >= 0.3 is 0 Å². The van der Waals surface area contributed by atoms with E-state index < -0.39 is 5.60 Å². The minimum atomic E-state index is -0.736. The molecule has 1 amide bonds. The van der Waals surface area contributed by atoms with Crippen LogP contribution in [0.4, 0.5) is 0 Å². The molecule has 1 N–H and O–H groups in total. The molecule has 4 heteroatoms. The Labute approximate surface area is 112 Å². The second-order valence-electron chi connectivity index (χ2n) is 5.16. The second-order valence-corrected chi connectivity index (χ2v) is 6.11. The summed E-state index contributed by atoms with van der Waals surface area (Å²) < 4.78 is 0. The van der Waals surface area contributed by atoms with E-state index in [1.165, 1.54) is 5.56 Å². The lowest BCUT2D eigenvalue weighted by Gasteiger charge is -2.36. The Morgan fingerprint density at radius 2 is 2.39 bits per heavy atom. The smallest absolute Gasteiger partial charge is 0.246 e. The van der Waals surface area contributed by atoms with E-state index in [0.29, 0.717) is 6.54 Å². The van der Waals surface area contributed by atoms with Gasteiger partial charge in [0.25, 0.3) is 0 Å². The average molecular weight is 265 g/mol. The molecule has 1 aliphatic heterocycles. The zero-order chi connectivity index (χ0) is 13.2. The molecular formula is C14H19NO2S. The van der Waals surface area contributed by atoms with Crippen LogP contribution in [0.1, 0.15) is 30.2 Å². The Kier molecular flexibility index (Phi) is 3.88. The molecule has 0 spiro atoms. The SMILES string of the molecule is Cc1ccsc1/C=C/C(=O)N1CCCC(C)(O)C1. The van der Waals surface area contributed by atoms with E-state index in [9.17, 15) is 9.90 Å². The molecule has 1 unspecified atom stereocenters. The fraction of sp³-hybridized carbons (Fsp3) is 0.500. The third-order valence-corrected chi connectivity index (χ3v) is 4.25. The van der Waals surface area contributed by atoms with Gasteiger partial charge in [-0.3, -0.25) is 4.79 Å². The fourth-order valence-corrected chi connectivity index (χ4v) is 3.04. The number of hydrogen-bond acceptors (Lipinski definition) is 3. The normalized spacial score (nSPS) is 24.7. The highest BCUT2D eigenvalue weighted by Gasteiger charge is 2.29. The van der Waals surface area contributed by atoms with Crippen molar-refractivity contribution in [3.05, 3.63) is 28.0 Å². The van der Waals surface area contributed by atoms with Gasteiger partial charge in [0.2, 0.25) is 5.91 Å². The Morgan fingerprint density at radius 1 is 1.61 bits per heavy atom. The fourth-order valence-electron chi connectivity index (χ4n) is 2.22. The Bertz CT molecular complexity index is 462. The standard InChI is InChI=1S/C14H19NO2S/c1-11-6-9-18-12(11)4-5-13(16)15-8-3-7-14(2,17)10-15/h4-6,9,17H,3,7-8,10H2,1-2H3/b5-4+. The van der Waals surface area contributed by atoms with E-state index in [1.54, 1.807) is 29.2 Å². The molecule has 2 rings (SSSR count). The highest BCUT2D eigenvalue weighted by molar-refractivity contribution is 7.11. The number of aryl methyl sites for hydroxylation is 1. The lowest BCUT2D eigenvalue weighted by atomic mass is 9.95. The predicted molar refractivity (Wildman–Crippen MR) is 74.5 cm³/mol. The predicted octanol–water partition coefficient (Wildman–Crippen LogP) is 2.44. The van der Waals surface area contributed by atoms with Crippen molar-refractivity contribution in [3.8, 4) is 0 Å². The Hall–Kier alpha value is -1.13. The molecule has 0 bridgehead atoms. The van der Waals surface area contributed by atoms with Crippen LogP contribution in [0.3, 0.4) is 0 Å². The van der Waals surface area contributed by atoms with Crippen LogP contribution >= 0.6 is 11.3 Å². The Morgan fingerprint density at radius 3 is 3.00 bits per heavy atom. The van der Waals surface area contributed by atoms with Crippen molar-refractivity contribution in [1.29, 1.82) is 0 Å². The molecule has 0 saturated carbocycles. The van der Waals surface area contributed by atoms with E-state index in [2.05, 4.69) is 0 Å². The lowest BCUT2D eigenvalue weighted by molar-refractivity contribution is -0.132. The van der Waals surface area contributed by atoms with Crippen LogP contribution in [0.15, 0.2) is 17.5 Å². The van der Waals surface area contributed by atoms with Gasteiger partial charge in [0, 0.05) is 24.0 Å². The number of piperidine rings is 1. The highest BCUT2D eigenvalue weighted by Crippen LogP contribution is 2.21. The lowest BCUT2D eigenvalue weighted by Crippen LogP contribution is -2.48. The molecule has 0 radical (unpaired) electrons. The number of hydrogen-bond donors (Lipinski definition) is 1. The first-order valence-corrected chi connectivity index (χ1v) is 7.09. The van der Waals surface area contributed by atoms with Crippen molar-refractivity contribution in [2.75, 3.05) is 13.1 Å². The number of carbonyl (C=O) groups excluding carboxylic acids is 1. The molecule has 0 aromatic carbocycles. The van der Waals surface area contributed by atoms with Gasteiger partial charge in [-0.2, -0.15) is 0 Å². The number of thiophene rings is 1. The zero-order valence-electron chi connectivity index (χ0n) is 10.8. The largest absolute Gasteiger partial charge is 0.388 e. The van der Waals surface area contributed by atoms with Gasteiger partial charge < -0.3 is 10.0 Å². The summed E-state index contributed by atoms with van der Waals surface area (Å²) in [6.07, 6.45) is 5.11. The van der Waals surface area contributed by atoms with Crippen LogP contribution in [0, 0.1) is 6.92 Å². The second kappa shape index (κ2) is 5.24. The molecule has 0 aliphatic carbocycles. The first-order chi connectivity index (χ1) is 8.48. The van der Waals surface area contributed by atoms with E-state index in [1.807, 2.05) is 24.4 Å². The summed E-state index contributed by atoms with van der Waals surface area (Å²) in [7, 11) is 0.